The highest BCUT2D eigenvalue weighted by molar-refractivity contribution is 5.90. The van der Waals surface area contributed by atoms with Crippen LogP contribution in [-0.4, -0.2) is 42.3 Å². The van der Waals surface area contributed by atoms with Gasteiger partial charge in [-0.1, -0.05) is 18.2 Å². The minimum absolute atomic E-state index is 0.187. The molecule has 1 aromatic carbocycles. The number of para-hydroxylation sites is 1. The van der Waals surface area contributed by atoms with E-state index < -0.39 is 0 Å². The Morgan fingerprint density at radius 3 is 2.61 bits per heavy atom. The minimum atomic E-state index is -0.198. The molecule has 4 unspecified atom stereocenters. The first-order chi connectivity index (χ1) is 8.84. The summed E-state index contributed by atoms with van der Waals surface area (Å²) in [6, 6.07) is 11.3. The van der Waals surface area contributed by atoms with Gasteiger partial charge in [-0.2, -0.15) is 0 Å². The van der Waals surface area contributed by atoms with E-state index in [4.69, 9.17) is 4.74 Å². The first kappa shape index (κ1) is 10.4. The van der Waals surface area contributed by atoms with Crippen LogP contribution in [-0.2, 0) is 4.74 Å². The minimum Gasteiger partial charge on any atom is -0.447 e. The van der Waals surface area contributed by atoms with Gasteiger partial charge in [0.25, 0.3) is 0 Å². The SMILES string of the molecule is O=C1OCC(C2CCC3CN32)N1c1ccccc1. The maximum atomic E-state index is 11.9. The fraction of sp³-hybridized carbons (Fsp3) is 0.500. The summed E-state index contributed by atoms with van der Waals surface area (Å²) in [4.78, 5) is 16.3. The van der Waals surface area contributed by atoms with Gasteiger partial charge in [-0.15, -0.1) is 0 Å². The van der Waals surface area contributed by atoms with Crippen molar-refractivity contribution in [2.75, 3.05) is 18.1 Å². The maximum absolute atomic E-state index is 11.9. The van der Waals surface area contributed by atoms with Gasteiger partial charge < -0.3 is 4.74 Å². The second-order valence-electron chi connectivity index (χ2n) is 5.35. The van der Waals surface area contributed by atoms with Crippen LogP contribution in [0.3, 0.4) is 0 Å². The summed E-state index contributed by atoms with van der Waals surface area (Å²) in [5, 5.41) is 0. The molecule has 3 fully saturated rings. The Morgan fingerprint density at radius 1 is 1.11 bits per heavy atom. The lowest BCUT2D eigenvalue weighted by molar-refractivity contribution is 0.175. The third kappa shape index (κ3) is 1.45. The quantitative estimate of drug-likeness (QED) is 0.744. The van der Waals surface area contributed by atoms with Gasteiger partial charge in [0.15, 0.2) is 0 Å². The van der Waals surface area contributed by atoms with Crippen molar-refractivity contribution in [3.05, 3.63) is 30.3 Å². The summed E-state index contributed by atoms with van der Waals surface area (Å²) in [6.45, 7) is 1.74. The number of hydrogen-bond acceptors (Lipinski definition) is 3. The van der Waals surface area contributed by atoms with Crippen LogP contribution in [0.2, 0.25) is 0 Å². The molecule has 4 nitrogen and oxygen atoms in total. The van der Waals surface area contributed by atoms with E-state index in [-0.39, 0.29) is 12.1 Å². The third-order valence-electron chi connectivity index (χ3n) is 4.36. The molecule has 18 heavy (non-hydrogen) atoms. The summed E-state index contributed by atoms with van der Waals surface area (Å²) >= 11 is 0. The zero-order chi connectivity index (χ0) is 12.1. The van der Waals surface area contributed by atoms with Crippen LogP contribution >= 0.6 is 0 Å². The van der Waals surface area contributed by atoms with Crippen LogP contribution in [0.4, 0.5) is 10.5 Å². The zero-order valence-corrected chi connectivity index (χ0v) is 10.2. The lowest BCUT2D eigenvalue weighted by Crippen LogP contribution is -2.44. The van der Waals surface area contributed by atoms with Crippen molar-refractivity contribution in [1.82, 2.24) is 4.90 Å². The van der Waals surface area contributed by atoms with Crippen molar-refractivity contribution in [1.29, 1.82) is 0 Å². The van der Waals surface area contributed by atoms with Crippen LogP contribution in [0, 0.1) is 0 Å². The van der Waals surface area contributed by atoms with E-state index in [2.05, 4.69) is 4.90 Å². The number of carbonyl (C=O) groups is 1. The molecule has 0 bridgehead atoms. The molecule has 0 radical (unpaired) electrons. The monoisotopic (exact) mass is 244 g/mol. The Labute approximate surface area is 106 Å². The summed E-state index contributed by atoms with van der Waals surface area (Å²) < 4.78 is 5.27. The highest BCUT2D eigenvalue weighted by Gasteiger charge is 2.52. The Morgan fingerprint density at radius 2 is 1.94 bits per heavy atom. The number of piperidine rings is 1. The molecule has 0 saturated carbocycles. The van der Waals surface area contributed by atoms with Crippen molar-refractivity contribution in [3.63, 3.8) is 0 Å². The van der Waals surface area contributed by atoms with Crippen molar-refractivity contribution in [2.24, 2.45) is 0 Å². The summed E-state index contributed by atoms with van der Waals surface area (Å²) in [5.74, 6) is 0. The average Bonchev–Trinajstić information content (AvgIpc) is 2.90. The van der Waals surface area contributed by atoms with Gasteiger partial charge in [0.1, 0.15) is 6.61 Å². The van der Waals surface area contributed by atoms with Gasteiger partial charge in [0, 0.05) is 24.3 Å². The average molecular weight is 244 g/mol. The number of carbonyl (C=O) groups excluding carboxylic acids is 1. The molecule has 94 valence electrons. The molecule has 3 aliphatic heterocycles. The first-order valence-electron chi connectivity index (χ1n) is 6.61. The third-order valence-corrected chi connectivity index (χ3v) is 4.36. The molecule has 1 amide bonds. The summed E-state index contributed by atoms with van der Waals surface area (Å²) in [5.41, 5.74) is 0.954. The van der Waals surface area contributed by atoms with Crippen LogP contribution < -0.4 is 4.90 Å². The van der Waals surface area contributed by atoms with Gasteiger partial charge in [-0.3, -0.25) is 9.80 Å². The fourth-order valence-electron chi connectivity index (χ4n) is 3.41. The molecule has 0 spiro atoms. The van der Waals surface area contributed by atoms with Gasteiger partial charge in [-0.05, 0) is 25.0 Å². The number of cyclic esters (lactones) is 1. The van der Waals surface area contributed by atoms with Crippen LogP contribution in [0.5, 0.6) is 0 Å². The summed E-state index contributed by atoms with van der Waals surface area (Å²) in [6.07, 6.45) is 2.27. The lowest BCUT2D eigenvalue weighted by atomic mass is 10.0. The van der Waals surface area contributed by atoms with Crippen LogP contribution in [0.1, 0.15) is 12.8 Å². The maximum Gasteiger partial charge on any atom is 0.414 e. The molecule has 0 N–H and O–H groups in total. The second kappa shape index (κ2) is 3.72. The standard InChI is InChI=1S/C14H16N2O2/c17-14-16(10-4-2-1-3-5-10)13(9-18-14)12-7-6-11-8-15(11)12/h1-5,11-13H,6-9H2. The van der Waals surface area contributed by atoms with Gasteiger partial charge in [0.05, 0.1) is 6.04 Å². The Bertz CT molecular complexity index is 476. The molecule has 3 aliphatic rings. The van der Waals surface area contributed by atoms with E-state index in [0.29, 0.717) is 12.6 Å². The van der Waals surface area contributed by atoms with E-state index in [0.717, 1.165) is 11.7 Å². The van der Waals surface area contributed by atoms with E-state index in [1.165, 1.54) is 19.4 Å². The number of ether oxygens (including phenoxy) is 1. The van der Waals surface area contributed by atoms with Gasteiger partial charge >= 0.3 is 6.09 Å². The number of benzene rings is 1. The number of rotatable bonds is 2. The van der Waals surface area contributed by atoms with Crippen LogP contribution in [0.15, 0.2) is 30.3 Å². The highest BCUT2D eigenvalue weighted by atomic mass is 16.6. The van der Waals surface area contributed by atoms with Crippen molar-refractivity contribution < 1.29 is 9.53 Å². The molecule has 1 aromatic rings. The van der Waals surface area contributed by atoms with E-state index in [1.807, 2.05) is 35.2 Å². The largest absolute Gasteiger partial charge is 0.447 e. The molecular weight excluding hydrogens is 228 g/mol. The van der Waals surface area contributed by atoms with E-state index in [9.17, 15) is 4.79 Å². The molecule has 4 rings (SSSR count). The number of hydrogen-bond donors (Lipinski definition) is 0. The lowest BCUT2D eigenvalue weighted by Gasteiger charge is -2.27. The highest BCUT2D eigenvalue weighted by Crippen LogP contribution is 2.40. The molecule has 3 heterocycles. The van der Waals surface area contributed by atoms with Crippen molar-refractivity contribution in [3.8, 4) is 0 Å². The van der Waals surface area contributed by atoms with E-state index in [1.54, 1.807) is 0 Å². The predicted molar refractivity (Wildman–Crippen MR) is 67.6 cm³/mol. The topological polar surface area (TPSA) is 32.6 Å². The van der Waals surface area contributed by atoms with Crippen molar-refractivity contribution >= 4 is 11.8 Å². The molecule has 0 aromatic heterocycles. The fourth-order valence-corrected chi connectivity index (χ4v) is 3.41. The number of nitrogens with zero attached hydrogens (tertiary/aromatic N) is 2. The normalized spacial score (nSPS) is 37.6. The predicted octanol–water partition coefficient (Wildman–Crippen LogP) is 1.86. The Balaban J connectivity index is 1.64. The first-order valence-corrected chi connectivity index (χ1v) is 6.61. The molecular formula is C14H16N2O2. The molecule has 3 saturated heterocycles. The second-order valence-corrected chi connectivity index (χ2v) is 5.35. The smallest absolute Gasteiger partial charge is 0.414 e. The van der Waals surface area contributed by atoms with Crippen molar-refractivity contribution in [2.45, 2.75) is 31.0 Å². The number of amides is 1. The molecule has 0 aliphatic carbocycles. The molecule has 4 atom stereocenters. The Kier molecular flexibility index (Phi) is 2.14. The van der Waals surface area contributed by atoms with E-state index >= 15 is 0 Å². The summed E-state index contributed by atoms with van der Waals surface area (Å²) in [7, 11) is 0. The number of fused-ring (bicyclic) bond motifs is 1. The zero-order valence-electron chi connectivity index (χ0n) is 10.2. The van der Waals surface area contributed by atoms with Gasteiger partial charge in [-0.25, -0.2) is 4.79 Å². The number of anilines is 1. The Hall–Kier alpha value is -1.55. The van der Waals surface area contributed by atoms with Gasteiger partial charge in [0.2, 0.25) is 0 Å². The molecule has 4 heteroatoms. The van der Waals surface area contributed by atoms with Crippen LogP contribution in [0.25, 0.3) is 0 Å².